The second-order valence-electron chi connectivity index (χ2n) is 8.56. The van der Waals surface area contributed by atoms with Gasteiger partial charge in [0.2, 0.25) is 5.88 Å². The molecule has 6 nitrogen and oxygen atoms in total. The second-order valence-corrected chi connectivity index (χ2v) is 8.56. The Morgan fingerprint density at radius 1 is 1.14 bits per heavy atom. The van der Waals surface area contributed by atoms with Crippen molar-refractivity contribution in [1.82, 2.24) is 14.7 Å². The molecule has 2 heterocycles. The van der Waals surface area contributed by atoms with E-state index in [-0.39, 0.29) is 5.75 Å². The highest BCUT2D eigenvalue weighted by Gasteiger charge is 2.24. The zero-order valence-corrected chi connectivity index (χ0v) is 20.1. The SMILES string of the molecule is C=CCCC(O)CN(Cc1ccco1)Cc1c(C)nn(-c2ccccc2)c1Oc1ccc(F)cc1F. The van der Waals surface area contributed by atoms with Crippen molar-refractivity contribution in [2.75, 3.05) is 6.54 Å². The van der Waals surface area contributed by atoms with Crippen LogP contribution < -0.4 is 4.74 Å². The molecule has 0 aliphatic carbocycles. The molecule has 0 fully saturated rings. The van der Waals surface area contributed by atoms with Crippen LogP contribution in [0.3, 0.4) is 0 Å². The Morgan fingerprint density at radius 2 is 1.94 bits per heavy atom. The van der Waals surface area contributed by atoms with Crippen LogP contribution in [0, 0.1) is 18.6 Å². The summed E-state index contributed by atoms with van der Waals surface area (Å²) in [5, 5.41) is 15.3. The molecule has 1 atom stereocenters. The maximum atomic E-state index is 14.6. The Kier molecular flexibility index (Phi) is 8.30. The first-order valence-corrected chi connectivity index (χ1v) is 11.7. The lowest BCUT2D eigenvalue weighted by atomic mass is 10.1. The predicted molar refractivity (Wildman–Crippen MR) is 133 cm³/mol. The van der Waals surface area contributed by atoms with Gasteiger partial charge in [0.05, 0.1) is 35.9 Å². The molecule has 1 unspecified atom stereocenters. The minimum atomic E-state index is -0.813. The molecule has 188 valence electrons. The smallest absolute Gasteiger partial charge is 0.227 e. The molecular weight excluding hydrogens is 464 g/mol. The Labute approximate surface area is 209 Å². The molecule has 4 rings (SSSR count). The van der Waals surface area contributed by atoms with Gasteiger partial charge in [0, 0.05) is 19.2 Å². The monoisotopic (exact) mass is 493 g/mol. The van der Waals surface area contributed by atoms with Crippen LogP contribution >= 0.6 is 0 Å². The average Bonchev–Trinajstić information content (AvgIpc) is 3.48. The second kappa shape index (κ2) is 11.8. The predicted octanol–water partition coefficient (Wildman–Crippen LogP) is 6.17. The number of rotatable bonds is 12. The van der Waals surface area contributed by atoms with E-state index in [0.29, 0.717) is 49.6 Å². The zero-order valence-electron chi connectivity index (χ0n) is 20.1. The lowest BCUT2D eigenvalue weighted by Crippen LogP contribution is -2.32. The average molecular weight is 494 g/mol. The van der Waals surface area contributed by atoms with Crippen LogP contribution in [-0.4, -0.2) is 32.4 Å². The summed E-state index contributed by atoms with van der Waals surface area (Å²) in [6, 6.07) is 16.2. The standard InChI is InChI=1S/C28H29F2N3O3/c1-3-4-11-23(34)17-32(18-24-12-8-15-35-24)19-25-20(2)31-33(22-9-6-5-7-10-22)28(25)36-27-14-13-21(29)16-26(27)30/h3,5-10,12-16,23,34H,1,4,11,17-19H2,2H3. The van der Waals surface area contributed by atoms with Crippen molar-refractivity contribution >= 4 is 0 Å². The summed E-state index contributed by atoms with van der Waals surface area (Å²) in [6.45, 7) is 6.74. The van der Waals surface area contributed by atoms with Crippen LogP contribution in [-0.2, 0) is 13.1 Å². The van der Waals surface area contributed by atoms with E-state index in [1.54, 1.807) is 17.0 Å². The van der Waals surface area contributed by atoms with Gasteiger partial charge in [0.15, 0.2) is 11.6 Å². The molecule has 2 aromatic heterocycles. The number of para-hydroxylation sites is 1. The molecule has 0 radical (unpaired) electrons. The topological polar surface area (TPSA) is 63.7 Å². The van der Waals surface area contributed by atoms with Gasteiger partial charge in [-0.1, -0.05) is 24.3 Å². The number of aliphatic hydroxyl groups is 1. The van der Waals surface area contributed by atoms with E-state index in [1.807, 2.05) is 54.3 Å². The normalized spacial score (nSPS) is 12.1. The van der Waals surface area contributed by atoms with Gasteiger partial charge in [-0.3, -0.25) is 4.90 Å². The first-order chi connectivity index (χ1) is 17.4. The van der Waals surface area contributed by atoms with E-state index in [4.69, 9.17) is 9.15 Å². The highest BCUT2D eigenvalue weighted by molar-refractivity contribution is 5.43. The van der Waals surface area contributed by atoms with Gasteiger partial charge in [-0.2, -0.15) is 5.10 Å². The summed E-state index contributed by atoms with van der Waals surface area (Å²) in [6.07, 6.45) is 4.06. The highest BCUT2D eigenvalue weighted by Crippen LogP contribution is 2.33. The largest absolute Gasteiger partial charge is 0.468 e. The first-order valence-electron chi connectivity index (χ1n) is 11.7. The number of nitrogens with zero attached hydrogens (tertiary/aromatic N) is 3. The summed E-state index contributed by atoms with van der Waals surface area (Å²) >= 11 is 0. The number of ether oxygens (including phenoxy) is 1. The zero-order chi connectivity index (χ0) is 25.5. The van der Waals surface area contributed by atoms with Crippen LogP contribution in [0.25, 0.3) is 5.69 Å². The van der Waals surface area contributed by atoms with E-state index >= 15 is 0 Å². The van der Waals surface area contributed by atoms with Gasteiger partial charge in [0.25, 0.3) is 0 Å². The molecule has 4 aromatic rings. The molecule has 0 saturated carbocycles. The molecule has 36 heavy (non-hydrogen) atoms. The Morgan fingerprint density at radius 3 is 2.64 bits per heavy atom. The highest BCUT2D eigenvalue weighted by atomic mass is 19.1. The summed E-state index contributed by atoms with van der Waals surface area (Å²) in [5.41, 5.74) is 2.12. The van der Waals surface area contributed by atoms with E-state index in [0.717, 1.165) is 23.6 Å². The maximum Gasteiger partial charge on any atom is 0.227 e. The van der Waals surface area contributed by atoms with Crippen LogP contribution in [0.5, 0.6) is 11.6 Å². The van der Waals surface area contributed by atoms with Gasteiger partial charge in [0.1, 0.15) is 11.6 Å². The van der Waals surface area contributed by atoms with Gasteiger partial charge in [-0.15, -0.1) is 6.58 Å². The minimum Gasteiger partial charge on any atom is -0.468 e. The minimum absolute atomic E-state index is 0.113. The van der Waals surface area contributed by atoms with Crippen LogP contribution in [0.15, 0.2) is 84.0 Å². The summed E-state index contributed by atoms with van der Waals surface area (Å²) in [4.78, 5) is 2.03. The number of allylic oxidation sites excluding steroid dienone is 1. The number of aromatic nitrogens is 2. The summed E-state index contributed by atoms with van der Waals surface area (Å²) in [7, 11) is 0. The van der Waals surface area contributed by atoms with Gasteiger partial charge < -0.3 is 14.3 Å². The summed E-state index contributed by atoms with van der Waals surface area (Å²) < 4.78 is 41.3. The maximum absolute atomic E-state index is 14.6. The molecule has 2 aromatic carbocycles. The van der Waals surface area contributed by atoms with Crippen molar-refractivity contribution in [2.24, 2.45) is 0 Å². The molecule has 0 amide bonds. The van der Waals surface area contributed by atoms with Crippen molar-refractivity contribution in [3.8, 4) is 17.3 Å². The third-order valence-electron chi connectivity index (χ3n) is 5.75. The fourth-order valence-electron chi connectivity index (χ4n) is 3.96. The molecule has 8 heteroatoms. The van der Waals surface area contributed by atoms with Crippen LogP contribution in [0.1, 0.15) is 29.9 Å². The number of hydrogen-bond acceptors (Lipinski definition) is 5. The fourth-order valence-corrected chi connectivity index (χ4v) is 3.96. The molecule has 0 aliphatic rings. The van der Waals surface area contributed by atoms with E-state index in [2.05, 4.69) is 11.7 Å². The van der Waals surface area contributed by atoms with Crippen molar-refractivity contribution < 1.29 is 23.0 Å². The Balaban J connectivity index is 1.71. The van der Waals surface area contributed by atoms with E-state index in [1.165, 1.54) is 6.07 Å². The molecule has 0 spiro atoms. The van der Waals surface area contributed by atoms with Crippen molar-refractivity contribution in [3.05, 3.63) is 108 Å². The Bertz CT molecular complexity index is 1270. The molecular formula is C28H29F2N3O3. The number of halogens is 2. The van der Waals surface area contributed by atoms with Crippen molar-refractivity contribution in [1.29, 1.82) is 0 Å². The number of aliphatic hydroxyl groups excluding tert-OH is 1. The quantitative estimate of drug-likeness (QED) is 0.239. The summed E-state index contributed by atoms with van der Waals surface area (Å²) in [5.74, 6) is -0.559. The van der Waals surface area contributed by atoms with Crippen LogP contribution in [0.2, 0.25) is 0 Å². The number of furan rings is 1. The third-order valence-corrected chi connectivity index (χ3v) is 5.75. The van der Waals surface area contributed by atoms with Gasteiger partial charge in [-0.05, 0) is 56.2 Å². The first kappa shape index (κ1) is 25.3. The van der Waals surface area contributed by atoms with Crippen molar-refractivity contribution in [3.63, 3.8) is 0 Å². The Hall–Kier alpha value is -3.75. The molecule has 0 aliphatic heterocycles. The van der Waals surface area contributed by atoms with Crippen LogP contribution in [0.4, 0.5) is 8.78 Å². The fraction of sp³-hybridized carbons (Fsp3) is 0.250. The molecule has 0 bridgehead atoms. The van der Waals surface area contributed by atoms with Gasteiger partial charge in [-0.25, -0.2) is 13.5 Å². The molecule has 1 N–H and O–H groups in total. The number of hydrogen-bond donors (Lipinski definition) is 1. The van der Waals surface area contributed by atoms with E-state index < -0.39 is 17.7 Å². The third kappa shape index (κ3) is 6.27. The number of aryl methyl sites for hydroxylation is 1. The lowest BCUT2D eigenvalue weighted by Gasteiger charge is -2.24. The van der Waals surface area contributed by atoms with Gasteiger partial charge >= 0.3 is 0 Å². The van der Waals surface area contributed by atoms with Crippen molar-refractivity contribution in [2.45, 2.75) is 39.0 Å². The lowest BCUT2D eigenvalue weighted by molar-refractivity contribution is 0.0939. The molecule has 0 saturated heterocycles. The number of benzene rings is 2. The van der Waals surface area contributed by atoms with E-state index in [9.17, 15) is 13.9 Å².